The molecule has 0 unspecified atom stereocenters. The molecule has 36 heavy (non-hydrogen) atoms. The van der Waals surface area contributed by atoms with E-state index in [1.54, 1.807) is 13.3 Å². The van der Waals surface area contributed by atoms with Gasteiger partial charge in [-0.3, -0.25) is 5.10 Å². The minimum absolute atomic E-state index is 0.269. The van der Waals surface area contributed by atoms with Crippen LogP contribution < -0.4 is 15.9 Å². The molecule has 2 atom stereocenters. The summed E-state index contributed by atoms with van der Waals surface area (Å²) >= 11 is 0. The highest BCUT2D eigenvalue weighted by molar-refractivity contribution is 6.63. The first-order chi connectivity index (χ1) is 17.5. The van der Waals surface area contributed by atoms with Gasteiger partial charge in [-0.2, -0.15) is 15.3 Å². The van der Waals surface area contributed by atoms with Crippen LogP contribution in [-0.2, 0) is 9.31 Å². The standard InChI is InChI=1S/C27H30BN5O3/c1-4-26-10-6-11-27(26,5-2)36-28(35-26)21-14-19(20(15-25(21)34-3)23-9-12-30-32-23)17-7-8-18-22(29)16-31-33-24(18)13-17/h7-9,12-16H,4-6,10-11H2,1-3H3,(H2,29,33)(H,30,32)/t26-,27+. The SMILES string of the molecule is CC[C@@]12CCC[C@]1(CC)OB(c1cc(-c3ccc4c(N)cnnc4c3)c(-c3cc[nH]n3)cc1OC)O2. The molecule has 184 valence electrons. The molecule has 3 N–H and O–H groups in total. The van der Waals surface area contributed by atoms with Crippen molar-refractivity contribution < 1.29 is 14.0 Å². The third-order valence-corrected chi connectivity index (χ3v) is 8.18. The highest BCUT2D eigenvalue weighted by Crippen LogP contribution is 2.53. The summed E-state index contributed by atoms with van der Waals surface area (Å²) in [6, 6.07) is 12.1. The largest absolute Gasteiger partial charge is 0.498 e. The molecule has 0 bridgehead atoms. The molecule has 8 nitrogen and oxygen atoms in total. The van der Waals surface area contributed by atoms with E-state index in [0.717, 1.165) is 70.9 Å². The van der Waals surface area contributed by atoms with Crippen molar-refractivity contribution in [2.45, 2.75) is 57.2 Å². The smallest absolute Gasteiger partial charge is 0.497 e. The lowest BCUT2D eigenvalue weighted by molar-refractivity contribution is -0.0281. The number of fused-ring (bicyclic) bond motifs is 2. The van der Waals surface area contributed by atoms with Crippen LogP contribution in [0.3, 0.4) is 0 Å². The first kappa shape index (κ1) is 23.0. The Kier molecular flexibility index (Phi) is 5.50. The van der Waals surface area contributed by atoms with Crippen LogP contribution in [0.25, 0.3) is 33.3 Å². The fourth-order valence-electron chi connectivity index (χ4n) is 6.24. The van der Waals surface area contributed by atoms with Gasteiger partial charge in [-0.25, -0.2) is 0 Å². The molecule has 2 aliphatic rings. The highest BCUT2D eigenvalue weighted by Gasteiger charge is 2.63. The van der Waals surface area contributed by atoms with Gasteiger partial charge in [0.25, 0.3) is 0 Å². The third kappa shape index (κ3) is 3.33. The quantitative estimate of drug-likeness (QED) is 0.389. The molecule has 1 aliphatic carbocycles. The van der Waals surface area contributed by atoms with E-state index in [-0.39, 0.29) is 11.2 Å². The summed E-state index contributed by atoms with van der Waals surface area (Å²) in [5.74, 6) is 0.712. The molecule has 0 radical (unpaired) electrons. The molecule has 1 saturated carbocycles. The summed E-state index contributed by atoms with van der Waals surface area (Å²) < 4.78 is 19.5. The number of benzene rings is 2. The van der Waals surface area contributed by atoms with Crippen molar-refractivity contribution in [3.05, 3.63) is 48.8 Å². The van der Waals surface area contributed by atoms with E-state index in [1.165, 1.54) is 0 Å². The molecule has 0 amide bonds. The topological polar surface area (TPSA) is 108 Å². The van der Waals surface area contributed by atoms with E-state index in [4.69, 9.17) is 19.8 Å². The second-order valence-corrected chi connectivity index (χ2v) is 9.75. The van der Waals surface area contributed by atoms with Gasteiger partial charge in [0.1, 0.15) is 5.75 Å². The van der Waals surface area contributed by atoms with Crippen LogP contribution in [0.5, 0.6) is 5.75 Å². The Labute approximate surface area is 210 Å². The van der Waals surface area contributed by atoms with E-state index in [1.807, 2.05) is 36.5 Å². The van der Waals surface area contributed by atoms with Crippen LogP contribution in [0.15, 0.2) is 48.8 Å². The molecular weight excluding hydrogens is 453 g/mol. The Morgan fingerprint density at radius 1 is 1.06 bits per heavy atom. The molecule has 2 aromatic carbocycles. The van der Waals surface area contributed by atoms with E-state index < -0.39 is 7.12 Å². The Morgan fingerprint density at radius 2 is 1.83 bits per heavy atom. The number of nitrogen functional groups attached to an aromatic ring is 1. The van der Waals surface area contributed by atoms with Gasteiger partial charge in [0.15, 0.2) is 0 Å². The number of nitrogens with one attached hydrogen (secondary N) is 1. The number of aromatic nitrogens is 4. The Balaban J connectivity index is 1.53. The Morgan fingerprint density at radius 3 is 2.50 bits per heavy atom. The van der Waals surface area contributed by atoms with Crippen molar-refractivity contribution >= 4 is 29.2 Å². The lowest BCUT2D eigenvalue weighted by Gasteiger charge is -2.37. The number of aromatic amines is 1. The van der Waals surface area contributed by atoms with Crippen molar-refractivity contribution in [3.8, 4) is 28.1 Å². The van der Waals surface area contributed by atoms with Crippen LogP contribution >= 0.6 is 0 Å². The van der Waals surface area contributed by atoms with E-state index >= 15 is 0 Å². The van der Waals surface area contributed by atoms with Crippen molar-refractivity contribution in [1.82, 2.24) is 20.4 Å². The molecule has 1 aliphatic heterocycles. The lowest BCUT2D eigenvalue weighted by atomic mass is 9.75. The lowest BCUT2D eigenvalue weighted by Crippen LogP contribution is -2.46. The summed E-state index contributed by atoms with van der Waals surface area (Å²) in [5.41, 5.74) is 11.5. The maximum atomic E-state index is 6.79. The van der Waals surface area contributed by atoms with Crippen molar-refractivity contribution in [3.63, 3.8) is 0 Å². The van der Waals surface area contributed by atoms with E-state index in [9.17, 15) is 0 Å². The van der Waals surface area contributed by atoms with Gasteiger partial charge in [0.05, 0.1) is 41.4 Å². The molecule has 3 heterocycles. The zero-order chi connectivity index (χ0) is 24.9. The number of ether oxygens (including phenoxy) is 1. The number of hydrogen-bond acceptors (Lipinski definition) is 7. The van der Waals surface area contributed by atoms with Crippen LogP contribution in [-0.4, -0.2) is 45.8 Å². The maximum Gasteiger partial charge on any atom is 0.498 e. The first-order valence-corrected chi connectivity index (χ1v) is 12.6. The number of methoxy groups -OCH3 is 1. The third-order valence-electron chi connectivity index (χ3n) is 8.18. The summed E-state index contributed by atoms with van der Waals surface area (Å²) in [6.45, 7) is 4.40. The number of nitrogens with zero attached hydrogens (tertiary/aromatic N) is 3. The number of H-pyrrole nitrogens is 1. The van der Waals surface area contributed by atoms with Crippen LogP contribution in [0.2, 0.25) is 0 Å². The van der Waals surface area contributed by atoms with Gasteiger partial charge in [0.2, 0.25) is 0 Å². The van der Waals surface area contributed by atoms with Crippen molar-refractivity contribution in [1.29, 1.82) is 0 Å². The summed E-state index contributed by atoms with van der Waals surface area (Å²) in [4.78, 5) is 0. The van der Waals surface area contributed by atoms with Gasteiger partial charge in [-0.05, 0) is 67.5 Å². The van der Waals surface area contributed by atoms with Gasteiger partial charge in [-0.1, -0.05) is 26.0 Å². The molecule has 2 aromatic heterocycles. The minimum atomic E-state index is -0.511. The zero-order valence-corrected chi connectivity index (χ0v) is 20.9. The average Bonchev–Trinajstić information content (AvgIpc) is 3.62. The molecule has 0 spiro atoms. The minimum Gasteiger partial charge on any atom is -0.497 e. The predicted octanol–water partition coefficient (Wildman–Crippen LogP) is 4.50. The Bertz CT molecular complexity index is 1410. The number of nitrogens with two attached hydrogens (primary N) is 1. The normalized spacial score (nSPS) is 23.4. The van der Waals surface area contributed by atoms with Gasteiger partial charge in [-0.15, -0.1) is 0 Å². The van der Waals surface area contributed by atoms with Crippen molar-refractivity contribution in [2.75, 3.05) is 12.8 Å². The van der Waals surface area contributed by atoms with Crippen LogP contribution in [0.1, 0.15) is 46.0 Å². The summed E-state index contributed by atoms with van der Waals surface area (Å²) in [5, 5.41) is 16.6. The molecule has 9 heteroatoms. The second-order valence-electron chi connectivity index (χ2n) is 9.75. The summed E-state index contributed by atoms with van der Waals surface area (Å²) in [7, 11) is 1.17. The number of anilines is 1. The van der Waals surface area contributed by atoms with Crippen LogP contribution in [0.4, 0.5) is 5.69 Å². The van der Waals surface area contributed by atoms with Gasteiger partial charge < -0.3 is 19.8 Å². The highest BCUT2D eigenvalue weighted by atomic mass is 16.7. The average molecular weight is 483 g/mol. The van der Waals surface area contributed by atoms with Gasteiger partial charge >= 0.3 is 7.12 Å². The predicted molar refractivity (Wildman–Crippen MR) is 141 cm³/mol. The molecular formula is C27H30BN5O3. The first-order valence-electron chi connectivity index (χ1n) is 12.6. The molecule has 2 fully saturated rings. The molecule has 1 saturated heterocycles. The Hall–Kier alpha value is -3.43. The fraction of sp³-hybridized carbons (Fsp3) is 0.370. The van der Waals surface area contributed by atoms with Crippen LogP contribution in [0, 0.1) is 0 Å². The number of hydrogen-bond donors (Lipinski definition) is 2. The zero-order valence-electron chi connectivity index (χ0n) is 20.9. The number of rotatable bonds is 6. The van der Waals surface area contributed by atoms with E-state index in [2.05, 4.69) is 40.3 Å². The summed E-state index contributed by atoms with van der Waals surface area (Å²) in [6.07, 6.45) is 8.37. The van der Waals surface area contributed by atoms with Crippen molar-refractivity contribution in [2.24, 2.45) is 0 Å². The fourth-order valence-corrected chi connectivity index (χ4v) is 6.24. The monoisotopic (exact) mass is 483 g/mol. The second kappa shape index (κ2) is 8.60. The van der Waals surface area contributed by atoms with E-state index in [0.29, 0.717) is 11.4 Å². The van der Waals surface area contributed by atoms with Gasteiger partial charge in [0, 0.05) is 22.6 Å². The molecule has 4 aromatic rings. The molecule has 6 rings (SSSR count). The maximum absolute atomic E-state index is 6.79.